The molecule has 1 aromatic heterocycles. The normalized spacial score (nSPS) is 13.0. The van der Waals surface area contributed by atoms with Crippen LogP contribution in [0.1, 0.15) is 28.8 Å². The van der Waals surface area contributed by atoms with Gasteiger partial charge >= 0.3 is 0 Å². The van der Waals surface area contributed by atoms with Crippen molar-refractivity contribution < 1.29 is 0 Å². The van der Waals surface area contributed by atoms with Crippen LogP contribution in [0.4, 0.5) is 0 Å². The summed E-state index contributed by atoms with van der Waals surface area (Å²) in [7, 11) is 1.81. The molecular formula is C17H23N3S. The number of aliphatic imine (C=N–C) groups is 1. The molecule has 0 spiro atoms. The maximum absolute atomic E-state index is 4.27. The average molecular weight is 301 g/mol. The maximum Gasteiger partial charge on any atom is 0.191 e. The summed E-state index contributed by atoms with van der Waals surface area (Å²) in [6, 6.07) is 12.9. The van der Waals surface area contributed by atoms with Crippen molar-refractivity contribution in [2.75, 3.05) is 13.6 Å². The molecule has 0 aliphatic rings. The van der Waals surface area contributed by atoms with Crippen molar-refractivity contribution in [1.29, 1.82) is 0 Å². The van der Waals surface area contributed by atoms with Crippen molar-refractivity contribution in [3.8, 4) is 0 Å². The third-order valence-electron chi connectivity index (χ3n) is 3.42. The van der Waals surface area contributed by atoms with E-state index >= 15 is 0 Å². The van der Waals surface area contributed by atoms with Crippen molar-refractivity contribution >= 4 is 17.3 Å². The molecule has 0 amide bonds. The zero-order chi connectivity index (χ0) is 15.1. The summed E-state index contributed by atoms with van der Waals surface area (Å²) >= 11 is 1.75. The van der Waals surface area contributed by atoms with E-state index < -0.39 is 0 Å². The molecular weight excluding hydrogens is 278 g/mol. The number of hydrogen-bond donors (Lipinski definition) is 2. The Kier molecular flexibility index (Phi) is 5.81. The van der Waals surface area contributed by atoms with Crippen LogP contribution < -0.4 is 10.6 Å². The molecule has 1 aromatic carbocycles. The third-order valence-corrected chi connectivity index (χ3v) is 4.30. The van der Waals surface area contributed by atoms with Crippen LogP contribution in [0.3, 0.4) is 0 Å². The number of guanidine groups is 1. The van der Waals surface area contributed by atoms with Gasteiger partial charge in [0.15, 0.2) is 5.96 Å². The van der Waals surface area contributed by atoms with E-state index in [1.54, 1.807) is 18.4 Å². The molecule has 0 aliphatic heterocycles. The van der Waals surface area contributed by atoms with Crippen molar-refractivity contribution in [1.82, 2.24) is 10.6 Å². The Labute approximate surface area is 131 Å². The molecule has 1 atom stereocenters. The first-order valence-corrected chi connectivity index (χ1v) is 8.10. The van der Waals surface area contributed by atoms with Gasteiger partial charge in [-0.25, -0.2) is 0 Å². The van der Waals surface area contributed by atoms with Crippen LogP contribution in [-0.2, 0) is 6.54 Å². The number of rotatable bonds is 5. The molecule has 0 fully saturated rings. The van der Waals surface area contributed by atoms with E-state index in [4.69, 9.17) is 0 Å². The second kappa shape index (κ2) is 7.84. The quantitative estimate of drug-likeness (QED) is 0.655. The number of nitrogens with one attached hydrogen (secondary N) is 2. The number of hydrogen-bond acceptors (Lipinski definition) is 2. The SMILES string of the molecule is CN=C(NCc1cccs1)NCC(C)c1cccc(C)c1. The van der Waals surface area contributed by atoms with Crippen LogP contribution in [-0.4, -0.2) is 19.6 Å². The van der Waals surface area contributed by atoms with Gasteiger partial charge in [-0.2, -0.15) is 0 Å². The highest BCUT2D eigenvalue weighted by molar-refractivity contribution is 7.09. The first-order valence-electron chi connectivity index (χ1n) is 7.22. The van der Waals surface area contributed by atoms with Gasteiger partial charge in [-0.05, 0) is 29.9 Å². The molecule has 3 nitrogen and oxygen atoms in total. The third kappa shape index (κ3) is 4.90. The lowest BCUT2D eigenvalue weighted by atomic mass is 9.99. The van der Waals surface area contributed by atoms with E-state index in [-0.39, 0.29) is 0 Å². The zero-order valence-electron chi connectivity index (χ0n) is 12.9. The lowest BCUT2D eigenvalue weighted by Crippen LogP contribution is -2.38. The van der Waals surface area contributed by atoms with Crippen LogP contribution in [0.25, 0.3) is 0 Å². The molecule has 0 aliphatic carbocycles. The molecule has 0 radical (unpaired) electrons. The van der Waals surface area contributed by atoms with E-state index in [2.05, 4.69) is 71.3 Å². The standard InChI is InChI=1S/C17H23N3S/c1-13-6-4-7-15(10-13)14(2)11-19-17(18-3)20-12-16-8-5-9-21-16/h4-10,14H,11-12H2,1-3H3,(H2,18,19,20). The summed E-state index contributed by atoms with van der Waals surface area (Å²) in [5.41, 5.74) is 2.66. The minimum atomic E-state index is 0.449. The van der Waals surface area contributed by atoms with E-state index in [1.807, 2.05) is 0 Å². The first-order chi connectivity index (χ1) is 10.2. The van der Waals surface area contributed by atoms with Gasteiger partial charge in [0.05, 0.1) is 6.54 Å². The molecule has 4 heteroatoms. The Morgan fingerprint density at radius 2 is 2.10 bits per heavy atom. The van der Waals surface area contributed by atoms with Gasteiger partial charge in [0, 0.05) is 18.5 Å². The van der Waals surface area contributed by atoms with Crippen molar-refractivity contribution in [3.05, 3.63) is 57.8 Å². The van der Waals surface area contributed by atoms with Crippen molar-refractivity contribution in [3.63, 3.8) is 0 Å². The molecule has 0 saturated carbocycles. The molecule has 0 bridgehead atoms. The van der Waals surface area contributed by atoms with Crippen LogP contribution in [0.2, 0.25) is 0 Å². The number of thiophene rings is 1. The Morgan fingerprint density at radius 3 is 2.76 bits per heavy atom. The molecule has 112 valence electrons. The molecule has 1 unspecified atom stereocenters. The van der Waals surface area contributed by atoms with Gasteiger partial charge in [-0.3, -0.25) is 4.99 Å². The van der Waals surface area contributed by atoms with E-state index in [1.165, 1.54) is 16.0 Å². The van der Waals surface area contributed by atoms with Crippen LogP contribution in [0, 0.1) is 6.92 Å². The smallest absolute Gasteiger partial charge is 0.191 e. The summed E-state index contributed by atoms with van der Waals surface area (Å²) in [5, 5.41) is 8.82. The van der Waals surface area contributed by atoms with Gasteiger partial charge in [0.25, 0.3) is 0 Å². The van der Waals surface area contributed by atoms with Gasteiger partial charge in [0.1, 0.15) is 0 Å². The lowest BCUT2D eigenvalue weighted by molar-refractivity contribution is 0.699. The maximum atomic E-state index is 4.27. The van der Waals surface area contributed by atoms with Crippen LogP contribution in [0.15, 0.2) is 46.8 Å². The summed E-state index contributed by atoms with van der Waals surface area (Å²) in [5.74, 6) is 1.30. The number of nitrogens with zero attached hydrogens (tertiary/aromatic N) is 1. The highest BCUT2D eigenvalue weighted by Crippen LogP contribution is 2.15. The fraction of sp³-hybridized carbons (Fsp3) is 0.353. The molecule has 21 heavy (non-hydrogen) atoms. The monoisotopic (exact) mass is 301 g/mol. The second-order valence-corrected chi connectivity index (χ2v) is 6.23. The highest BCUT2D eigenvalue weighted by Gasteiger charge is 2.07. The number of benzene rings is 1. The Bertz CT molecular complexity index is 575. The number of aryl methyl sites for hydroxylation is 1. The average Bonchev–Trinajstić information content (AvgIpc) is 3.00. The fourth-order valence-electron chi connectivity index (χ4n) is 2.15. The predicted octanol–water partition coefficient (Wildman–Crippen LogP) is 3.53. The Balaban J connectivity index is 1.82. The zero-order valence-corrected chi connectivity index (χ0v) is 13.7. The van der Waals surface area contributed by atoms with E-state index in [0.717, 1.165) is 19.0 Å². The largest absolute Gasteiger partial charge is 0.356 e. The summed E-state index contributed by atoms with van der Waals surface area (Å²) in [4.78, 5) is 5.58. The van der Waals surface area contributed by atoms with E-state index in [0.29, 0.717) is 5.92 Å². The van der Waals surface area contributed by atoms with Crippen LogP contribution >= 0.6 is 11.3 Å². The van der Waals surface area contributed by atoms with E-state index in [9.17, 15) is 0 Å². The summed E-state index contributed by atoms with van der Waals surface area (Å²) < 4.78 is 0. The van der Waals surface area contributed by atoms with Gasteiger partial charge < -0.3 is 10.6 Å². The molecule has 2 rings (SSSR count). The van der Waals surface area contributed by atoms with Crippen molar-refractivity contribution in [2.45, 2.75) is 26.3 Å². The lowest BCUT2D eigenvalue weighted by Gasteiger charge is -2.16. The Morgan fingerprint density at radius 1 is 1.24 bits per heavy atom. The molecule has 1 heterocycles. The minimum Gasteiger partial charge on any atom is -0.356 e. The molecule has 2 N–H and O–H groups in total. The fourth-order valence-corrected chi connectivity index (χ4v) is 2.79. The minimum absolute atomic E-state index is 0.449. The summed E-state index contributed by atoms with van der Waals surface area (Å²) in [6.45, 7) is 6.04. The predicted molar refractivity (Wildman–Crippen MR) is 92.1 cm³/mol. The van der Waals surface area contributed by atoms with Gasteiger partial charge in [0.2, 0.25) is 0 Å². The molecule has 2 aromatic rings. The van der Waals surface area contributed by atoms with Gasteiger partial charge in [-0.15, -0.1) is 11.3 Å². The topological polar surface area (TPSA) is 36.4 Å². The highest BCUT2D eigenvalue weighted by atomic mass is 32.1. The van der Waals surface area contributed by atoms with Crippen molar-refractivity contribution in [2.24, 2.45) is 4.99 Å². The summed E-state index contributed by atoms with van der Waals surface area (Å²) in [6.07, 6.45) is 0. The second-order valence-electron chi connectivity index (χ2n) is 5.20. The molecule has 0 saturated heterocycles. The Hall–Kier alpha value is -1.81. The first kappa shape index (κ1) is 15.6. The van der Waals surface area contributed by atoms with Crippen LogP contribution in [0.5, 0.6) is 0 Å². The van der Waals surface area contributed by atoms with Gasteiger partial charge in [-0.1, -0.05) is 42.8 Å².